The Balaban J connectivity index is 2.16. The molecule has 2 aliphatic rings. The summed E-state index contributed by atoms with van der Waals surface area (Å²) in [5.41, 5.74) is 0. The van der Waals surface area contributed by atoms with E-state index in [1.807, 2.05) is 0 Å². The van der Waals surface area contributed by atoms with Gasteiger partial charge in [-0.3, -0.25) is 19.8 Å². The van der Waals surface area contributed by atoms with Crippen LogP contribution in [0.1, 0.15) is 39.0 Å². The number of carbonyl (C=O) groups excluding carboxylic acids is 3. The third-order valence-electron chi connectivity index (χ3n) is 3.73. The number of hydrogen-bond donors (Lipinski definition) is 1. The number of urea groups is 1. The van der Waals surface area contributed by atoms with Crippen molar-refractivity contribution in [2.24, 2.45) is 11.8 Å². The summed E-state index contributed by atoms with van der Waals surface area (Å²) in [6.07, 6.45) is 5.14. The summed E-state index contributed by atoms with van der Waals surface area (Å²) in [5, 5.41) is 2.29. The Hall–Kier alpha value is -1.39. The molecule has 17 heavy (non-hydrogen) atoms. The highest BCUT2D eigenvalue weighted by Gasteiger charge is 2.43. The second-order valence-corrected chi connectivity index (χ2v) is 4.75. The van der Waals surface area contributed by atoms with Crippen LogP contribution in [0.15, 0.2) is 0 Å². The average Bonchev–Trinajstić information content (AvgIpc) is 2.30. The molecule has 5 heteroatoms. The zero-order chi connectivity index (χ0) is 12.4. The summed E-state index contributed by atoms with van der Waals surface area (Å²) < 4.78 is 0. The second kappa shape index (κ2) is 4.85. The van der Waals surface area contributed by atoms with Crippen molar-refractivity contribution in [1.82, 2.24) is 10.2 Å². The fourth-order valence-corrected chi connectivity index (χ4v) is 2.81. The number of rotatable bonds is 2. The highest BCUT2D eigenvalue weighted by Crippen LogP contribution is 2.32. The van der Waals surface area contributed by atoms with Crippen molar-refractivity contribution in [2.75, 3.05) is 6.54 Å². The molecular formula is C12H18N2O3. The molecule has 94 valence electrons. The van der Waals surface area contributed by atoms with Crippen LogP contribution < -0.4 is 5.32 Å². The molecule has 0 bridgehead atoms. The minimum Gasteiger partial charge on any atom is -0.277 e. The van der Waals surface area contributed by atoms with Crippen LogP contribution in [0.2, 0.25) is 0 Å². The van der Waals surface area contributed by atoms with Crippen LogP contribution in [-0.2, 0) is 9.59 Å². The van der Waals surface area contributed by atoms with Gasteiger partial charge in [0.2, 0.25) is 11.8 Å². The Morgan fingerprint density at radius 2 is 1.82 bits per heavy atom. The molecule has 0 aromatic carbocycles. The SMILES string of the molecule is CCN1C(=O)NC(=O)C(C2CCCCC2)C1=O. The van der Waals surface area contributed by atoms with Gasteiger partial charge in [0.15, 0.2) is 0 Å². The van der Waals surface area contributed by atoms with Crippen LogP contribution in [-0.4, -0.2) is 29.3 Å². The molecule has 0 spiro atoms. The van der Waals surface area contributed by atoms with Crippen molar-refractivity contribution in [3.8, 4) is 0 Å². The number of imide groups is 2. The van der Waals surface area contributed by atoms with E-state index in [9.17, 15) is 14.4 Å². The monoisotopic (exact) mass is 238 g/mol. The van der Waals surface area contributed by atoms with E-state index < -0.39 is 17.9 Å². The van der Waals surface area contributed by atoms with E-state index in [-0.39, 0.29) is 11.8 Å². The lowest BCUT2D eigenvalue weighted by molar-refractivity contribution is -0.145. The maximum Gasteiger partial charge on any atom is 0.330 e. The molecule has 1 aliphatic carbocycles. The van der Waals surface area contributed by atoms with Gasteiger partial charge in [0.25, 0.3) is 0 Å². The van der Waals surface area contributed by atoms with E-state index in [4.69, 9.17) is 0 Å². The molecule has 1 N–H and O–H groups in total. The Kier molecular flexibility index (Phi) is 3.45. The van der Waals surface area contributed by atoms with E-state index >= 15 is 0 Å². The highest BCUT2D eigenvalue weighted by atomic mass is 16.2. The summed E-state index contributed by atoms with van der Waals surface area (Å²) in [4.78, 5) is 36.5. The molecule has 1 atom stereocenters. The lowest BCUT2D eigenvalue weighted by atomic mass is 9.78. The number of barbiturate groups is 1. The predicted molar refractivity (Wildman–Crippen MR) is 61.0 cm³/mol. The van der Waals surface area contributed by atoms with Crippen molar-refractivity contribution in [2.45, 2.75) is 39.0 Å². The van der Waals surface area contributed by atoms with Crippen molar-refractivity contribution in [3.05, 3.63) is 0 Å². The second-order valence-electron chi connectivity index (χ2n) is 4.75. The fourth-order valence-electron chi connectivity index (χ4n) is 2.81. The van der Waals surface area contributed by atoms with Gasteiger partial charge in [-0.05, 0) is 25.7 Å². The topological polar surface area (TPSA) is 66.5 Å². The highest BCUT2D eigenvalue weighted by molar-refractivity contribution is 6.16. The lowest BCUT2D eigenvalue weighted by Crippen LogP contribution is -2.59. The summed E-state index contributed by atoms with van der Waals surface area (Å²) in [6, 6.07) is -0.574. The zero-order valence-corrected chi connectivity index (χ0v) is 10.1. The molecule has 1 saturated heterocycles. The average molecular weight is 238 g/mol. The smallest absolute Gasteiger partial charge is 0.277 e. The first kappa shape index (κ1) is 12.1. The molecule has 0 aromatic heterocycles. The van der Waals surface area contributed by atoms with Crippen LogP contribution in [0.3, 0.4) is 0 Å². The molecule has 1 saturated carbocycles. The molecular weight excluding hydrogens is 220 g/mol. The molecule has 4 amide bonds. The van der Waals surface area contributed by atoms with E-state index in [0.717, 1.165) is 30.6 Å². The molecule has 1 aliphatic heterocycles. The number of amides is 4. The van der Waals surface area contributed by atoms with Crippen molar-refractivity contribution >= 4 is 17.8 Å². The first-order chi connectivity index (χ1) is 8.15. The predicted octanol–water partition coefficient (Wildman–Crippen LogP) is 1.28. The quantitative estimate of drug-likeness (QED) is 0.737. The Morgan fingerprint density at radius 1 is 1.18 bits per heavy atom. The molecule has 5 nitrogen and oxygen atoms in total. The van der Waals surface area contributed by atoms with Gasteiger partial charge >= 0.3 is 6.03 Å². The number of carbonyl (C=O) groups is 3. The van der Waals surface area contributed by atoms with Crippen molar-refractivity contribution < 1.29 is 14.4 Å². The van der Waals surface area contributed by atoms with Crippen LogP contribution in [0.4, 0.5) is 4.79 Å². The fraction of sp³-hybridized carbons (Fsp3) is 0.750. The zero-order valence-electron chi connectivity index (χ0n) is 10.1. The standard InChI is InChI=1S/C12H18N2O3/c1-2-14-11(16)9(10(15)13-12(14)17)8-6-4-3-5-7-8/h8-9H,2-7H2,1H3,(H,13,15,17). The van der Waals surface area contributed by atoms with E-state index in [2.05, 4.69) is 5.32 Å². The van der Waals surface area contributed by atoms with E-state index in [1.165, 1.54) is 6.42 Å². The van der Waals surface area contributed by atoms with Gasteiger partial charge in [0.05, 0.1) is 0 Å². The largest absolute Gasteiger partial charge is 0.330 e. The van der Waals surface area contributed by atoms with Gasteiger partial charge in [0, 0.05) is 6.54 Å². The Labute approximate surface area is 101 Å². The van der Waals surface area contributed by atoms with Gasteiger partial charge in [-0.15, -0.1) is 0 Å². The van der Waals surface area contributed by atoms with Crippen LogP contribution >= 0.6 is 0 Å². The molecule has 2 rings (SSSR count). The maximum absolute atomic E-state index is 12.1. The summed E-state index contributed by atoms with van der Waals surface area (Å²) in [5.74, 6) is -1.25. The number of nitrogens with zero attached hydrogens (tertiary/aromatic N) is 1. The molecule has 1 unspecified atom stereocenters. The van der Waals surface area contributed by atoms with Crippen LogP contribution in [0, 0.1) is 11.8 Å². The van der Waals surface area contributed by atoms with Crippen molar-refractivity contribution in [3.63, 3.8) is 0 Å². The molecule has 2 fully saturated rings. The van der Waals surface area contributed by atoms with Crippen molar-refractivity contribution in [1.29, 1.82) is 0 Å². The third kappa shape index (κ3) is 2.18. The summed E-state index contributed by atoms with van der Waals surface area (Å²) in [7, 11) is 0. The molecule has 1 heterocycles. The summed E-state index contributed by atoms with van der Waals surface area (Å²) >= 11 is 0. The van der Waals surface area contributed by atoms with Gasteiger partial charge < -0.3 is 0 Å². The molecule has 0 aromatic rings. The Bertz CT molecular complexity index is 348. The lowest BCUT2D eigenvalue weighted by Gasteiger charge is -2.35. The van der Waals surface area contributed by atoms with Crippen LogP contribution in [0.5, 0.6) is 0 Å². The minimum atomic E-state index is -0.645. The van der Waals surface area contributed by atoms with E-state index in [1.54, 1.807) is 6.92 Å². The first-order valence-electron chi connectivity index (χ1n) is 6.31. The van der Waals surface area contributed by atoms with Gasteiger partial charge in [-0.1, -0.05) is 19.3 Å². The van der Waals surface area contributed by atoms with Crippen LogP contribution in [0.25, 0.3) is 0 Å². The Morgan fingerprint density at radius 3 is 2.41 bits per heavy atom. The normalized spacial score (nSPS) is 27.2. The number of hydrogen-bond acceptors (Lipinski definition) is 3. The first-order valence-corrected chi connectivity index (χ1v) is 6.31. The number of nitrogens with one attached hydrogen (secondary N) is 1. The maximum atomic E-state index is 12.1. The third-order valence-corrected chi connectivity index (χ3v) is 3.73. The van der Waals surface area contributed by atoms with Gasteiger partial charge in [0.1, 0.15) is 5.92 Å². The van der Waals surface area contributed by atoms with E-state index in [0.29, 0.717) is 6.54 Å². The summed E-state index contributed by atoms with van der Waals surface area (Å²) in [6.45, 7) is 2.06. The van der Waals surface area contributed by atoms with Gasteiger partial charge in [-0.25, -0.2) is 4.79 Å². The molecule has 0 radical (unpaired) electrons. The minimum absolute atomic E-state index is 0.110. The van der Waals surface area contributed by atoms with Gasteiger partial charge in [-0.2, -0.15) is 0 Å².